The smallest absolute Gasteiger partial charge is 0.222 e. The van der Waals surface area contributed by atoms with Crippen molar-refractivity contribution in [2.24, 2.45) is 0 Å². The van der Waals surface area contributed by atoms with E-state index in [4.69, 9.17) is 0 Å². The molecule has 5 heteroatoms. The molecule has 0 amide bonds. The summed E-state index contributed by atoms with van der Waals surface area (Å²) >= 11 is 2.94. The summed E-state index contributed by atoms with van der Waals surface area (Å²) in [7, 11) is 0. The molecule has 58 valence electrons. The van der Waals surface area contributed by atoms with Crippen molar-refractivity contribution in [2.45, 2.75) is 0 Å². The Balaban J connectivity index is 3.23. The highest BCUT2D eigenvalue weighted by molar-refractivity contribution is 9.10. The predicted molar refractivity (Wildman–Crippen MR) is 36.2 cm³/mol. The van der Waals surface area contributed by atoms with Crippen LogP contribution in [0, 0.1) is 5.95 Å². The Morgan fingerprint density at radius 3 is 2.82 bits per heavy atom. The first-order valence-electron chi connectivity index (χ1n) is 2.63. The second-order valence-electron chi connectivity index (χ2n) is 1.78. The lowest BCUT2D eigenvalue weighted by molar-refractivity contribution is -0.255. The van der Waals surface area contributed by atoms with Gasteiger partial charge in [-0.3, -0.25) is 0 Å². The zero-order valence-electron chi connectivity index (χ0n) is 5.17. The predicted octanol–water partition coefficient (Wildman–Crippen LogP) is 0.347. The molecule has 0 aliphatic heterocycles. The lowest BCUT2D eigenvalue weighted by atomic mass is 10.3. The third-order valence-corrected chi connectivity index (χ3v) is 1.46. The van der Waals surface area contributed by atoms with Crippen molar-refractivity contribution < 1.29 is 14.3 Å². The average Bonchev–Trinajstić information content (AvgIpc) is 1.94. The van der Waals surface area contributed by atoms with Crippen LogP contribution in [0.2, 0.25) is 0 Å². The van der Waals surface area contributed by atoms with E-state index in [0.717, 1.165) is 6.07 Å². The molecule has 0 saturated heterocycles. The molecule has 0 unspecified atom stereocenters. The fourth-order valence-corrected chi connectivity index (χ4v) is 0.897. The molecule has 0 fully saturated rings. The fourth-order valence-electron chi connectivity index (χ4n) is 0.566. The van der Waals surface area contributed by atoms with Gasteiger partial charge in [0.05, 0.1) is 11.5 Å². The molecule has 1 aromatic heterocycles. The van der Waals surface area contributed by atoms with Crippen molar-refractivity contribution in [3.63, 3.8) is 0 Å². The Kier molecular flexibility index (Phi) is 2.19. The summed E-state index contributed by atoms with van der Waals surface area (Å²) in [6.45, 7) is 0. The fraction of sp³-hybridized carbons (Fsp3) is 0. The molecule has 11 heavy (non-hydrogen) atoms. The largest absolute Gasteiger partial charge is 0.545 e. The lowest BCUT2D eigenvalue weighted by Gasteiger charge is -2.01. The van der Waals surface area contributed by atoms with Gasteiger partial charge in [0.1, 0.15) is 0 Å². The molecule has 0 spiro atoms. The van der Waals surface area contributed by atoms with Gasteiger partial charge in [0.15, 0.2) is 0 Å². The summed E-state index contributed by atoms with van der Waals surface area (Å²) in [4.78, 5) is 13.3. The van der Waals surface area contributed by atoms with E-state index in [-0.39, 0.29) is 0 Å². The van der Waals surface area contributed by atoms with Crippen molar-refractivity contribution in [3.05, 3.63) is 28.2 Å². The zero-order valence-corrected chi connectivity index (χ0v) is 6.76. The number of hydrogen-bond acceptors (Lipinski definition) is 3. The highest BCUT2D eigenvalue weighted by atomic mass is 79.9. The number of nitrogens with zero attached hydrogens (tertiary/aromatic N) is 1. The van der Waals surface area contributed by atoms with Crippen LogP contribution in [0.1, 0.15) is 10.4 Å². The maximum Gasteiger partial charge on any atom is 0.222 e. The van der Waals surface area contributed by atoms with Crippen LogP contribution >= 0.6 is 15.9 Å². The normalized spacial score (nSPS) is 9.64. The summed E-state index contributed by atoms with van der Waals surface area (Å²) < 4.78 is 12.9. The number of carboxylic acid groups (broad SMARTS) is 1. The number of carbonyl (C=O) groups excluding carboxylic acids is 1. The van der Waals surface area contributed by atoms with Crippen LogP contribution in [0.4, 0.5) is 4.39 Å². The number of rotatable bonds is 1. The van der Waals surface area contributed by atoms with Crippen LogP contribution in [0.25, 0.3) is 0 Å². The Morgan fingerprint density at radius 1 is 1.73 bits per heavy atom. The maximum absolute atomic E-state index is 12.5. The summed E-state index contributed by atoms with van der Waals surface area (Å²) in [5.41, 5.74) is -0.542. The molecule has 1 heterocycles. The van der Waals surface area contributed by atoms with E-state index in [1.807, 2.05) is 0 Å². The van der Waals surface area contributed by atoms with Crippen LogP contribution in [-0.4, -0.2) is 11.0 Å². The molecule has 1 aromatic rings. The minimum absolute atomic E-state index is 0.401. The molecule has 3 nitrogen and oxygen atoms in total. The van der Waals surface area contributed by atoms with Gasteiger partial charge in [0, 0.05) is 10.7 Å². The van der Waals surface area contributed by atoms with E-state index in [1.54, 1.807) is 0 Å². The summed E-state index contributed by atoms with van der Waals surface area (Å²) in [5.74, 6) is -2.61. The second kappa shape index (κ2) is 2.96. The third kappa shape index (κ3) is 1.74. The van der Waals surface area contributed by atoms with Gasteiger partial charge in [-0.05, 0) is 22.0 Å². The molecule has 1 rings (SSSR count). The molecule has 0 atom stereocenters. The second-order valence-corrected chi connectivity index (χ2v) is 2.70. The van der Waals surface area contributed by atoms with E-state index in [2.05, 4.69) is 20.9 Å². The molecule has 0 aliphatic carbocycles. The van der Waals surface area contributed by atoms with E-state index >= 15 is 0 Å². The number of aromatic nitrogens is 1. The molecule has 0 aliphatic rings. The minimum atomic E-state index is -1.57. The molecule has 0 bridgehead atoms. The maximum atomic E-state index is 12.5. The third-order valence-electron chi connectivity index (χ3n) is 1.03. The first-order valence-corrected chi connectivity index (χ1v) is 3.43. The zero-order chi connectivity index (χ0) is 8.43. The first-order chi connectivity index (χ1) is 5.11. The van der Waals surface area contributed by atoms with E-state index < -0.39 is 17.5 Å². The summed E-state index contributed by atoms with van der Waals surface area (Å²) in [6, 6.07) is 1.09. The number of carboxylic acids is 1. The summed E-state index contributed by atoms with van der Waals surface area (Å²) in [6.07, 6.45) is 1.17. The number of aromatic carboxylic acids is 1. The van der Waals surface area contributed by atoms with Gasteiger partial charge < -0.3 is 9.90 Å². The van der Waals surface area contributed by atoms with Gasteiger partial charge in [-0.2, -0.15) is 4.39 Å². The Labute approximate surface area is 70.0 Å². The summed E-state index contributed by atoms with van der Waals surface area (Å²) in [5, 5.41) is 10.2. The Hall–Kier alpha value is -0.970. The lowest BCUT2D eigenvalue weighted by Crippen LogP contribution is -2.23. The molecular weight excluding hydrogens is 217 g/mol. The topological polar surface area (TPSA) is 53.0 Å². The highest BCUT2D eigenvalue weighted by Crippen LogP contribution is 2.11. The van der Waals surface area contributed by atoms with E-state index in [0.29, 0.717) is 4.47 Å². The SMILES string of the molecule is O=C([O-])c1cc(Br)cnc1F. The van der Waals surface area contributed by atoms with Gasteiger partial charge in [0.2, 0.25) is 5.95 Å². The van der Waals surface area contributed by atoms with Crippen LogP contribution in [0.15, 0.2) is 16.7 Å². The molecular formula is C6H2BrFNO2-. The van der Waals surface area contributed by atoms with Gasteiger partial charge >= 0.3 is 0 Å². The quantitative estimate of drug-likeness (QED) is 0.640. The molecule has 0 aromatic carbocycles. The van der Waals surface area contributed by atoms with Crippen LogP contribution in [-0.2, 0) is 0 Å². The van der Waals surface area contributed by atoms with Crippen LogP contribution in [0.3, 0.4) is 0 Å². The Morgan fingerprint density at radius 2 is 2.36 bits per heavy atom. The van der Waals surface area contributed by atoms with Crippen molar-refractivity contribution in [2.75, 3.05) is 0 Å². The van der Waals surface area contributed by atoms with Crippen molar-refractivity contribution in [1.82, 2.24) is 4.98 Å². The molecule has 0 radical (unpaired) electrons. The highest BCUT2D eigenvalue weighted by Gasteiger charge is 2.03. The average molecular weight is 219 g/mol. The monoisotopic (exact) mass is 218 g/mol. The standard InChI is InChI=1S/C6H3BrFNO2/c7-3-1-4(6(10)11)5(8)9-2-3/h1-2H,(H,10,11)/p-1. The molecule has 0 N–H and O–H groups in total. The number of halogens is 2. The minimum Gasteiger partial charge on any atom is -0.545 e. The van der Waals surface area contributed by atoms with Crippen molar-refractivity contribution >= 4 is 21.9 Å². The van der Waals surface area contributed by atoms with Crippen molar-refractivity contribution in [1.29, 1.82) is 0 Å². The first kappa shape index (κ1) is 8.13. The Bertz CT molecular complexity index is 303. The van der Waals surface area contributed by atoms with E-state index in [9.17, 15) is 14.3 Å². The van der Waals surface area contributed by atoms with Crippen LogP contribution in [0.5, 0.6) is 0 Å². The molecule has 0 saturated carbocycles. The van der Waals surface area contributed by atoms with Crippen molar-refractivity contribution in [3.8, 4) is 0 Å². The van der Waals surface area contributed by atoms with Gasteiger partial charge in [-0.1, -0.05) is 0 Å². The van der Waals surface area contributed by atoms with Gasteiger partial charge in [-0.15, -0.1) is 0 Å². The number of hydrogen-bond donors (Lipinski definition) is 0. The number of pyridine rings is 1. The van der Waals surface area contributed by atoms with Gasteiger partial charge in [0.25, 0.3) is 0 Å². The number of carbonyl (C=O) groups is 1. The van der Waals surface area contributed by atoms with Crippen LogP contribution < -0.4 is 5.11 Å². The van der Waals surface area contributed by atoms with Gasteiger partial charge in [-0.25, -0.2) is 4.98 Å². The van der Waals surface area contributed by atoms with E-state index in [1.165, 1.54) is 6.20 Å².